The quantitative estimate of drug-likeness (QED) is 0.751. The summed E-state index contributed by atoms with van der Waals surface area (Å²) in [7, 11) is 1.67. The van der Waals surface area contributed by atoms with Gasteiger partial charge in [-0.2, -0.15) is 0 Å². The van der Waals surface area contributed by atoms with Gasteiger partial charge in [-0.25, -0.2) is 0 Å². The zero-order chi connectivity index (χ0) is 10.7. The van der Waals surface area contributed by atoms with Crippen LogP contribution in [0.2, 0.25) is 5.02 Å². The van der Waals surface area contributed by atoms with Gasteiger partial charge in [0.2, 0.25) is 0 Å². The van der Waals surface area contributed by atoms with Crippen LogP contribution in [0.3, 0.4) is 0 Å². The molecule has 0 saturated carbocycles. The van der Waals surface area contributed by atoms with Crippen LogP contribution in [0.5, 0.6) is 5.75 Å². The lowest BCUT2D eigenvalue weighted by atomic mass is 9.97. The Labute approximate surface area is 98.5 Å². The fourth-order valence-electron chi connectivity index (χ4n) is 1.37. The SMILES string of the molecule is COc1cccc(Cl)c1C(C)C(C)Br. The predicted molar refractivity (Wildman–Crippen MR) is 64.8 cm³/mol. The molecule has 1 aromatic carbocycles. The summed E-state index contributed by atoms with van der Waals surface area (Å²) >= 11 is 9.71. The molecule has 2 unspecified atom stereocenters. The number of hydrogen-bond donors (Lipinski definition) is 0. The van der Waals surface area contributed by atoms with Crippen LogP contribution in [0.15, 0.2) is 18.2 Å². The molecule has 0 aliphatic carbocycles. The normalized spacial score (nSPS) is 14.9. The van der Waals surface area contributed by atoms with Crippen LogP contribution < -0.4 is 4.74 Å². The molecule has 0 saturated heterocycles. The Hall–Kier alpha value is -0.210. The highest BCUT2D eigenvalue weighted by atomic mass is 79.9. The number of rotatable bonds is 3. The van der Waals surface area contributed by atoms with Gasteiger partial charge in [0.05, 0.1) is 7.11 Å². The summed E-state index contributed by atoms with van der Waals surface area (Å²) < 4.78 is 5.29. The largest absolute Gasteiger partial charge is 0.496 e. The number of alkyl halides is 1. The van der Waals surface area contributed by atoms with Crippen LogP contribution >= 0.6 is 27.5 Å². The van der Waals surface area contributed by atoms with Crippen molar-refractivity contribution in [1.29, 1.82) is 0 Å². The van der Waals surface area contributed by atoms with Crippen molar-refractivity contribution in [3.8, 4) is 5.75 Å². The second-order valence-corrected chi connectivity index (χ2v) is 5.17. The zero-order valence-corrected chi connectivity index (χ0v) is 10.9. The molecule has 0 amide bonds. The van der Waals surface area contributed by atoms with Crippen LogP contribution in [0.1, 0.15) is 25.3 Å². The van der Waals surface area contributed by atoms with Crippen molar-refractivity contribution in [3.05, 3.63) is 28.8 Å². The molecular weight excluding hydrogens is 263 g/mol. The van der Waals surface area contributed by atoms with E-state index in [9.17, 15) is 0 Å². The molecule has 0 N–H and O–H groups in total. The molecule has 0 bridgehead atoms. The molecule has 78 valence electrons. The Morgan fingerprint density at radius 3 is 2.50 bits per heavy atom. The molecule has 0 spiro atoms. The lowest BCUT2D eigenvalue weighted by molar-refractivity contribution is 0.406. The Balaban J connectivity index is 3.16. The van der Waals surface area contributed by atoms with Gasteiger partial charge in [0.25, 0.3) is 0 Å². The minimum Gasteiger partial charge on any atom is -0.496 e. The van der Waals surface area contributed by atoms with Crippen molar-refractivity contribution in [2.24, 2.45) is 0 Å². The van der Waals surface area contributed by atoms with E-state index in [1.165, 1.54) is 0 Å². The summed E-state index contributed by atoms with van der Waals surface area (Å²) in [5, 5.41) is 0.767. The summed E-state index contributed by atoms with van der Waals surface area (Å²) in [6.45, 7) is 4.23. The average molecular weight is 278 g/mol. The monoisotopic (exact) mass is 276 g/mol. The van der Waals surface area contributed by atoms with Crippen molar-refractivity contribution in [2.75, 3.05) is 7.11 Å². The molecule has 0 aliphatic rings. The summed E-state index contributed by atoms with van der Waals surface area (Å²) in [6.07, 6.45) is 0. The maximum atomic E-state index is 6.15. The van der Waals surface area contributed by atoms with Gasteiger partial charge in [-0.05, 0) is 18.1 Å². The van der Waals surface area contributed by atoms with Crippen LogP contribution in [-0.2, 0) is 0 Å². The summed E-state index contributed by atoms with van der Waals surface area (Å²) in [5.41, 5.74) is 1.07. The summed E-state index contributed by atoms with van der Waals surface area (Å²) in [6, 6.07) is 5.73. The van der Waals surface area contributed by atoms with Gasteiger partial charge in [0, 0.05) is 15.4 Å². The molecule has 1 aromatic rings. The molecule has 0 radical (unpaired) electrons. The number of hydrogen-bond acceptors (Lipinski definition) is 1. The molecule has 3 heteroatoms. The third-order valence-corrected chi connectivity index (χ3v) is 3.50. The van der Waals surface area contributed by atoms with Crippen LogP contribution in [0.4, 0.5) is 0 Å². The van der Waals surface area contributed by atoms with Gasteiger partial charge in [-0.15, -0.1) is 0 Å². The van der Waals surface area contributed by atoms with Crippen molar-refractivity contribution in [2.45, 2.75) is 24.6 Å². The van der Waals surface area contributed by atoms with E-state index in [1.807, 2.05) is 18.2 Å². The maximum Gasteiger partial charge on any atom is 0.123 e. The van der Waals surface area contributed by atoms with Crippen molar-refractivity contribution >= 4 is 27.5 Å². The third kappa shape index (κ3) is 2.43. The van der Waals surface area contributed by atoms with E-state index in [1.54, 1.807) is 7.11 Å². The molecule has 2 atom stereocenters. The van der Waals surface area contributed by atoms with Crippen molar-refractivity contribution in [3.63, 3.8) is 0 Å². The minimum atomic E-state index is 0.332. The topological polar surface area (TPSA) is 9.23 Å². The number of benzene rings is 1. The third-order valence-electron chi connectivity index (χ3n) is 2.38. The van der Waals surface area contributed by atoms with E-state index >= 15 is 0 Å². The highest BCUT2D eigenvalue weighted by Crippen LogP contribution is 2.36. The first-order chi connectivity index (χ1) is 6.57. The average Bonchev–Trinajstić information content (AvgIpc) is 2.16. The first-order valence-electron chi connectivity index (χ1n) is 4.54. The van der Waals surface area contributed by atoms with Crippen molar-refractivity contribution in [1.82, 2.24) is 0 Å². The second kappa shape index (κ2) is 5.04. The molecule has 0 heterocycles. The van der Waals surface area contributed by atoms with Gasteiger partial charge in [-0.1, -0.05) is 47.4 Å². The van der Waals surface area contributed by atoms with E-state index < -0.39 is 0 Å². The van der Waals surface area contributed by atoms with E-state index in [-0.39, 0.29) is 0 Å². The highest BCUT2D eigenvalue weighted by molar-refractivity contribution is 9.09. The fraction of sp³-hybridized carbons (Fsp3) is 0.455. The van der Waals surface area contributed by atoms with Gasteiger partial charge in [0.1, 0.15) is 5.75 Å². The predicted octanol–water partition coefficient (Wildman–Crippen LogP) is 4.24. The lowest BCUT2D eigenvalue weighted by Crippen LogP contribution is -2.07. The van der Waals surface area contributed by atoms with Gasteiger partial charge in [0.15, 0.2) is 0 Å². The van der Waals surface area contributed by atoms with Crippen LogP contribution in [-0.4, -0.2) is 11.9 Å². The van der Waals surface area contributed by atoms with Crippen LogP contribution in [0, 0.1) is 0 Å². The first-order valence-corrected chi connectivity index (χ1v) is 5.83. The summed E-state index contributed by atoms with van der Waals surface area (Å²) in [4.78, 5) is 0.372. The smallest absolute Gasteiger partial charge is 0.123 e. The Kier molecular flexibility index (Phi) is 4.27. The molecule has 0 fully saturated rings. The minimum absolute atomic E-state index is 0.332. The Bertz CT molecular complexity index is 312. The molecule has 0 aliphatic heterocycles. The van der Waals surface area contributed by atoms with E-state index in [0.29, 0.717) is 10.7 Å². The number of methoxy groups -OCH3 is 1. The maximum absolute atomic E-state index is 6.15. The molecule has 0 aromatic heterocycles. The lowest BCUT2D eigenvalue weighted by Gasteiger charge is -2.19. The molecular formula is C11H14BrClO. The van der Waals surface area contributed by atoms with Crippen molar-refractivity contribution < 1.29 is 4.74 Å². The Morgan fingerprint density at radius 2 is 2.00 bits per heavy atom. The van der Waals surface area contributed by atoms with Gasteiger partial charge >= 0.3 is 0 Å². The highest BCUT2D eigenvalue weighted by Gasteiger charge is 2.18. The van der Waals surface area contributed by atoms with E-state index in [2.05, 4.69) is 29.8 Å². The van der Waals surface area contributed by atoms with Gasteiger partial charge < -0.3 is 4.74 Å². The van der Waals surface area contributed by atoms with Crippen LogP contribution in [0.25, 0.3) is 0 Å². The number of halogens is 2. The van der Waals surface area contributed by atoms with E-state index in [4.69, 9.17) is 16.3 Å². The summed E-state index contributed by atoms with van der Waals surface area (Å²) in [5.74, 6) is 1.19. The Morgan fingerprint density at radius 1 is 1.36 bits per heavy atom. The number of ether oxygens (including phenoxy) is 1. The van der Waals surface area contributed by atoms with E-state index in [0.717, 1.165) is 16.3 Å². The second-order valence-electron chi connectivity index (χ2n) is 3.32. The molecule has 1 nitrogen and oxygen atoms in total. The molecule has 1 rings (SSSR count). The fourth-order valence-corrected chi connectivity index (χ4v) is 1.97. The standard InChI is InChI=1S/C11H14BrClO/c1-7(8(2)12)11-9(13)5-4-6-10(11)14-3/h4-8H,1-3H3. The molecule has 14 heavy (non-hydrogen) atoms. The zero-order valence-electron chi connectivity index (χ0n) is 8.55. The van der Waals surface area contributed by atoms with Gasteiger partial charge in [-0.3, -0.25) is 0 Å². The first kappa shape index (κ1) is 11.9.